The van der Waals surface area contributed by atoms with E-state index in [4.69, 9.17) is 5.11 Å². The van der Waals surface area contributed by atoms with Gasteiger partial charge in [-0.25, -0.2) is 18.0 Å². The maximum atomic E-state index is 14.7. The molecule has 2 amide bonds. The molecule has 3 heterocycles. The molecule has 1 aliphatic rings. The first-order valence-electron chi connectivity index (χ1n) is 12.1. The van der Waals surface area contributed by atoms with Gasteiger partial charge in [-0.05, 0) is 31.9 Å². The molecule has 1 aliphatic heterocycles. The zero-order chi connectivity index (χ0) is 26.7. The second-order valence-electron chi connectivity index (χ2n) is 9.31. The van der Waals surface area contributed by atoms with Crippen LogP contribution in [0.5, 0.6) is 0 Å². The molecule has 3 N–H and O–H groups in total. The summed E-state index contributed by atoms with van der Waals surface area (Å²) in [5.41, 5.74) is -0.248. The van der Waals surface area contributed by atoms with Gasteiger partial charge in [-0.15, -0.1) is 0 Å². The van der Waals surface area contributed by atoms with Gasteiger partial charge in [0.1, 0.15) is 11.4 Å². The number of carbonyl (C=O) groups is 1. The maximum Gasteiger partial charge on any atom is 0.319 e. The largest absolute Gasteiger partial charge is 0.395 e. The van der Waals surface area contributed by atoms with Crippen LogP contribution < -0.4 is 5.32 Å². The summed E-state index contributed by atoms with van der Waals surface area (Å²) < 4.78 is 41.1. The number of nitrogens with zero attached hydrogens (tertiary/aromatic N) is 4. The number of piperidine rings is 1. The lowest BCUT2D eigenvalue weighted by Crippen LogP contribution is -2.49. The second-order valence-corrected chi connectivity index (χ2v) is 9.31. The van der Waals surface area contributed by atoms with Gasteiger partial charge in [-0.3, -0.25) is 9.97 Å². The average molecular weight is 518 g/mol. The lowest BCUT2D eigenvalue weighted by molar-refractivity contribution is -0.0228. The van der Waals surface area contributed by atoms with Crippen molar-refractivity contribution in [3.05, 3.63) is 65.4 Å². The number of aliphatic hydroxyl groups is 2. The van der Waals surface area contributed by atoms with E-state index in [1.54, 1.807) is 43.4 Å². The Morgan fingerprint density at radius 1 is 1.22 bits per heavy atom. The molecule has 0 bridgehead atoms. The van der Waals surface area contributed by atoms with E-state index >= 15 is 0 Å². The van der Waals surface area contributed by atoms with Crippen molar-refractivity contribution in [2.24, 2.45) is 0 Å². The topological polar surface area (TPSA) is 102 Å². The molecule has 2 aromatic heterocycles. The molecule has 0 spiro atoms. The number of aromatic nitrogens is 2. The number of pyridine rings is 2. The summed E-state index contributed by atoms with van der Waals surface area (Å²) in [7, 11) is 1.61. The number of nitrogens with one attached hydrogen (secondary N) is 1. The number of alkyl halides is 2. The Hall–Kier alpha value is -3.44. The number of urea groups is 1. The Morgan fingerprint density at radius 2 is 1.92 bits per heavy atom. The number of hydrogen-bond acceptors (Lipinski definition) is 6. The van der Waals surface area contributed by atoms with Gasteiger partial charge in [0.05, 0.1) is 35.6 Å². The maximum absolute atomic E-state index is 14.7. The van der Waals surface area contributed by atoms with Crippen LogP contribution in [0, 0.1) is 5.82 Å². The Kier molecular flexibility index (Phi) is 7.84. The number of anilines is 1. The third-order valence-electron chi connectivity index (χ3n) is 6.86. The minimum Gasteiger partial charge on any atom is -0.395 e. The predicted molar refractivity (Wildman–Crippen MR) is 133 cm³/mol. The number of carbonyl (C=O) groups excluding carboxylic acids is 1. The summed E-state index contributed by atoms with van der Waals surface area (Å²) in [5, 5.41) is 24.3. The standard InChI is InChI=1S/C26H30F3N5O3/c1-16(17-4-3-5-18(23(17)27)24(28)29)32-20-6-9-30-21-15-31-22(14-19(20)21)26(37)7-10-34(11-8-26)25(36)33(2)12-13-35/h3-6,9,14-16,24,35,37H,7-8,10-13H2,1-2H3,(H,30,32)/t16-/m1/s1. The van der Waals surface area contributed by atoms with Gasteiger partial charge in [0.15, 0.2) is 0 Å². The highest BCUT2D eigenvalue weighted by molar-refractivity contribution is 5.91. The van der Waals surface area contributed by atoms with Crippen LogP contribution in [-0.2, 0) is 5.60 Å². The van der Waals surface area contributed by atoms with Gasteiger partial charge in [-0.2, -0.15) is 0 Å². The fourth-order valence-electron chi connectivity index (χ4n) is 4.62. The fourth-order valence-corrected chi connectivity index (χ4v) is 4.62. The van der Waals surface area contributed by atoms with Crippen LogP contribution in [0.1, 0.15) is 49.1 Å². The Morgan fingerprint density at radius 3 is 2.59 bits per heavy atom. The molecule has 0 unspecified atom stereocenters. The van der Waals surface area contributed by atoms with E-state index in [0.29, 0.717) is 35.4 Å². The Labute approximate surface area is 212 Å². The van der Waals surface area contributed by atoms with Crippen LogP contribution in [0.15, 0.2) is 42.7 Å². The summed E-state index contributed by atoms with van der Waals surface area (Å²) in [4.78, 5) is 24.3. The Balaban J connectivity index is 1.57. The number of aliphatic hydroxyl groups excluding tert-OH is 1. The van der Waals surface area contributed by atoms with Gasteiger partial charge in [-0.1, -0.05) is 18.2 Å². The summed E-state index contributed by atoms with van der Waals surface area (Å²) in [6.07, 6.45) is 0.736. The number of hydrogen-bond donors (Lipinski definition) is 3. The van der Waals surface area contributed by atoms with E-state index in [0.717, 1.165) is 6.07 Å². The van der Waals surface area contributed by atoms with Crippen molar-refractivity contribution in [3.8, 4) is 0 Å². The third-order valence-corrected chi connectivity index (χ3v) is 6.86. The average Bonchev–Trinajstić information content (AvgIpc) is 2.88. The SMILES string of the molecule is C[C@@H](Nc1ccnc2cnc(C3(O)CCN(C(=O)N(C)CCO)CC3)cc12)c1cccc(C(F)F)c1F. The molecule has 0 saturated carbocycles. The molecular formula is C26H30F3N5O3. The molecule has 198 valence electrons. The highest BCUT2D eigenvalue weighted by Gasteiger charge is 2.37. The summed E-state index contributed by atoms with van der Waals surface area (Å²) in [5.74, 6) is -0.946. The van der Waals surface area contributed by atoms with E-state index in [2.05, 4.69) is 15.3 Å². The number of halogens is 3. The normalized spacial score (nSPS) is 16.2. The molecule has 0 radical (unpaired) electrons. The summed E-state index contributed by atoms with van der Waals surface area (Å²) in [6, 6.07) is 6.51. The highest BCUT2D eigenvalue weighted by atomic mass is 19.3. The lowest BCUT2D eigenvalue weighted by Gasteiger charge is -2.39. The van der Waals surface area contributed by atoms with Gasteiger partial charge < -0.3 is 25.3 Å². The number of fused-ring (bicyclic) bond motifs is 1. The number of benzene rings is 1. The van der Waals surface area contributed by atoms with Crippen LogP contribution >= 0.6 is 0 Å². The van der Waals surface area contributed by atoms with Crippen molar-refractivity contribution in [1.82, 2.24) is 19.8 Å². The lowest BCUT2D eigenvalue weighted by atomic mass is 9.87. The van der Waals surface area contributed by atoms with Crippen LogP contribution in [0.25, 0.3) is 10.9 Å². The van der Waals surface area contributed by atoms with E-state index in [-0.39, 0.29) is 37.6 Å². The quantitative estimate of drug-likeness (QED) is 0.434. The van der Waals surface area contributed by atoms with Crippen LogP contribution in [0.4, 0.5) is 23.7 Å². The van der Waals surface area contributed by atoms with E-state index in [1.807, 2.05) is 0 Å². The molecule has 1 atom stereocenters. The first kappa shape index (κ1) is 26.6. The smallest absolute Gasteiger partial charge is 0.319 e. The minimum atomic E-state index is -2.92. The molecule has 1 saturated heterocycles. The molecule has 37 heavy (non-hydrogen) atoms. The zero-order valence-corrected chi connectivity index (χ0v) is 20.7. The van der Waals surface area contributed by atoms with Gasteiger partial charge in [0.2, 0.25) is 0 Å². The zero-order valence-electron chi connectivity index (χ0n) is 20.7. The molecule has 3 aromatic rings. The second kappa shape index (κ2) is 10.9. The molecule has 1 aromatic carbocycles. The van der Waals surface area contributed by atoms with Crippen molar-refractivity contribution in [2.45, 2.75) is 37.8 Å². The van der Waals surface area contributed by atoms with E-state index in [9.17, 15) is 23.1 Å². The van der Waals surface area contributed by atoms with Crippen LogP contribution in [0.3, 0.4) is 0 Å². The molecular weight excluding hydrogens is 487 g/mol. The van der Waals surface area contributed by atoms with Gasteiger partial charge in [0.25, 0.3) is 6.43 Å². The Bertz CT molecular complexity index is 1270. The van der Waals surface area contributed by atoms with E-state index in [1.165, 1.54) is 17.0 Å². The molecule has 11 heteroatoms. The highest BCUT2D eigenvalue weighted by Crippen LogP contribution is 2.35. The fraction of sp³-hybridized carbons (Fsp3) is 0.423. The van der Waals surface area contributed by atoms with Crippen LogP contribution in [0.2, 0.25) is 0 Å². The number of amides is 2. The van der Waals surface area contributed by atoms with Crippen molar-refractivity contribution in [2.75, 3.05) is 38.6 Å². The predicted octanol–water partition coefficient (Wildman–Crippen LogP) is 4.21. The summed E-state index contributed by atoms with van der Waals surface area (Å²) in [6.45, 7) is 2.41. The van der Waals surface area contributed by atoms with Gasteiger partial charge in [0, 0.05) is 49.5 Å². The van der Waals surface area contributed by atoms with Crippen molar-refractivity contribution < 1.29 is 28.2 Å². The number of rotatable bonds is 7. The van der Waals surface area contributed by atoms with Crippen molar-refractivity contribution >= 4 is 22.6 Å². The molecule has 4 rings (SSSR count). The number of likely N-dealkylation sites (tertiary alicyclic amines) is 1. The number of likely N-dealkylation sites (N-methyl/N-ethyl adjacent to an activating group) is 1. The van der Waals surface area contributed by atoms with Crippen molar-refractivity contribution in [3.63, 3.8) is 0 Å². The molecule has 8 nitrogen and oxygen atoms in total. The minimum absolute atomic E-state index is 0.110. The first-order chi connectivity index (χ1) is 17.6. The van der Waals surface area contributed by atoms with Crippen molar-refractivity contribution in [1.29, 1.82) is 0 Å². The molecule has 0 aliphatic carbocycles. The molecule has 1 fully saturated rings. The summed E-state index contributed by atoms with van der Waals surface area (Å²) >= 11 is 0. The van der Waals surface area contributed by atoms with Crippen LogP contribution in [-0.4, -0.2) is 69.3 Å². The first-order valence-corrected chi connectivity index (χ1v) is 12.1. The van der Waals surface area contributed by atoms with Gasteiger partial charge >= 0.3 is 6.03 Å². The third kappa shape index (κ3) is 5.47. The monoisotopic (exact) mass is 517 g/mol. The van der Waals surface area contributed by atoms with E-state index < -0.39 is 29.4 Å².